The van der Waals surface area contributed by atoms with Crippen LogP contribution in [0, 0.1) is 0 Å². The predicted molar refractivity (Wildman–Crippen MR) is 98.9 cm³/mol. The number of hydrogen-bond donors (Lipinski definition) is 0. The van der Waals surface area contributed by atoms with Crippen LogP contribution in [0.1, 0.15) is 28.7 Å². The van der Waals surface area contributed by atoms with Crippen LogP contribution in [0.25, 0.3) is 5.65 Å². The van der Waals surface area contributed by atoms with Gasteiger partial charge < -0.3 is 4.74 Å². The Morgan fingerprint density at radius 1 is 1.15 bits per heavy atom. The van der Waals surface area contributed by atoms with Crippen LogP contribution >= 0.6 is 0 Å². The maximum absolute atomic E-state index is 12.9. The van der Waals surface area contributed by atoms with E-state index in [0.29, 0.717) is 22.7 Å². The van der Waals surface area contributed by atoms with Gasteiger partial charge in [-0.15, -0.1) is 0 Å². The van der Waals surface area contributed by atoms with Gasteiger partial charge in [-0.25, -0.2) is 9.50 Å². The molecular weight excluding hydrogens is 342 g/mol. The number of ketones is 1. The van der Waals surface area contributed by atoms with Crippen molar-refractivity contribution < 1.29 is 9.53 Å². The monoisotopic (exact) mass is 359 g/mol. The van der Waals surface area contributed by atoms with E-state index in [4.69, 9.17) is 4.74 Å². The van der Waals surface area contributed by atoms with E-state index in [2.05, 4.69) is 20.1 Å². The Balaban J connectivity index is 1.67. The summed E-state index contributed by atoms with van der Waals surface area (Å²) in [6.07, 6.45) is 7.38. The van der Waals surface area contributed by atoms with Crippen molar-refractivity contribution in [3.8, 4) is 11.5 Å². The number of nitrogens with zero attached hydrogens (tertiary/aromatic N) is 5. The number of fused-ring (bicyclic) bond motifs is 1. The highest BCUT2D eigenvalue weighted by molar-refractivity contribution is 6.02. The molecule has 0 aliphatic rings. The third-order valence-corrected chi connectivity index (χ3v) is 4.09. The van der Waals surface area contributed by atoms with E-state index in [1.807, 2.05) is 25.1 Å². The summed E-state index contributed by atoms with van der Waals surface area (Å²) in [5.74, 6) is 0.970. The van der Waals surface area contributed by atoms with Crippen molar-refractivity contribution in [2.24, 2.45) is 0 Å². The smallest absolute Gasteiger partial charge is 0.172 e. The molecule has 27 heavy (non-hydrogen) atoms. The lowest BCUT2D eigenvalue weighted by molar-refractivity contribution is 0.0992. The van der Waals surface area contributed by atoms with Crippen LogP contribution in [-0.4, -0.2) is 30.3 Å². The number of carbonyl (C=O) groups excluding carboxylic acids is 1. The number of rotatable bonds is 6. The Labute approximate surface area is 155 Å². The van der Waals surface area contributed by atoms with E-state index in [-0.39, 0.29) is 12.2 Å². The summed E-state index contributed by atoms with van der Waals surface area (Å²) in [5.41, 5.74) is 2.62. The second-order valence-corrected chi connectivity index (χ2v) is 5.98. The van der Waals surface area contributed by atoms with Gasteiger partial charge in [0.15, 0.2) is 11.4 Å². The van der Waals surface area contributed by atoms with E-state index in [1.54, 1.807) is 36.8 Å². The summed E-state index contributed by atoms with van der Waals surface area (Å²) in [6.45, 7) is 2.03. The van der Waals surface area contributed by atoms with Crippen LogP contribution in [0.2, 0.25) is 0 Å². The first kappa shape index (κ1) is 16.8. The van der Waals surface area contributed by atoms with Gasteiger partial charge in [0, 0.05) is 17.6 Å². The van der Waals surface area contributed by atoms with E-state index < -0.39 is 0 Å². The molecule has 134 valence electrons. The van der Waals surface area contributed by atoms with Crippen molar-refractivity contribution in [3.05, 3.63) is 78.3 Å². The van der Waals surface area contributed by atoms with Crippen LogP contribution < -0.4 is 4.74 Å². The molecule has 4 aromatic heterocycles. The van der Waals surface area contributed by atoms with Crippen molar-refractivity contribution in [1.82, 2.24) is 24.6 Å². The Bertz CT molecular complexity index is 1090. The van der Waals surface area contributed by atoms with Gasteiger partial charge in [0.25, 0.3) is 0 Å². The average Bonchev–Trinajstić information content (AvgIpc) is 3.17. The minimum absolute atomic E-state index is 0.0922. The second kappa shape index (κ2) is 7.33. The van der Waals surface area contributed by atoms with E-state index in [1.165, 1.54) is 10.8 Å². The van der Waals surface area contributed by atoms with Gasteiger partial charge in [-0.2, -0.15) is 5.10 Å². The van der Waals surface area contributed by atoms with Gasteiger partial charge in [0.1, 0.15) is 17.8 Å². The summed E-state index contributed by atoms with van der Waals surface area (Å²) < 4.78 is 7.35. The topological polar surface area (TPSA) is 82.3 Å². The summed E-state index contributed by atoms with van der Waals surface area (Å²) >= 11 is 0. The first-order chi connectivity index (χ1) is 13.2. The molecule has 0 aromatic carbocycles. The Kier molecular flexibility index (Phi) is 4.57. The molecule has 0 unspecified atom stereocenters. The number of ether oxygens (including phenoxy) is 1. The second-order valence-electron chi connectivity index (χ2n) is 5.98. The maximum atomic E-state index is 12.9. The summed E-state index contributed by atoms with van der Waals surface area (Å²) in [6, 6.07) is 11.0. The minimum Gasteiger partial charge on any atom is -0.454 e. The predicted octanol–water partition coefficient (Wildman–Crippen LogP) is 3.30. The molecule has 0 fully saturated rings. The number of hydrogen-bond acceptors (Lipinski definition) is 6. The summed E-state index contributed by atoms with van der Waals surface area (Å²) in [7, 11) is 0. The Hall–Kier alpha value is -3.61. The zero-order chi connectivity index (χ0) is 18.6. The third kappa shape index (κ3) is 3.67. The fourth-order valence-electron chi connectivity index (χ4n) is 2.79. The summed E-state index contributed by atoms with van der Waals surface area (Å²) in [5, 5.41) is 4.14. The molecule has 0 spiro atoms. The van der Waals surface area contributed by atoms with Crippen LogP contribution in [0.5, 0.6) is 11.5 Å². The van der Waals surface area contributed by atoms with Crippen molar-refractivity contribution in [2.45, 2.75) is 19.8 Å². The SMILES string of the molecule is CCc1cccc(CC(=O)c2cc(Oc3cccnc3)cn3ncnc23)n1. The Morgan fingerprint density at radius 2 is 2.04 bits per heavy atom. The molecule has 4 aromatic rings. The van der Waals surface area contributed by atoms with Crippen LogP contribution in [0.4, 0.5) is 0 Å². The largest absolute Gasteiger partial charge is 0.454 e. The lowest BCUT2D eigenvalue weighted by Crippen LogP contribution is -2.09. The average molecular weight is 359 g/mol. The molecule has 0 bridgehead atoms. The Morgan fingerprint density at radius 3 is 2.85 bits per heavy atom. The van der Waals surface area contributed by atoms with Gasteiger partial charge in [0.05, 0.1) is 24.4 Å². The highest BCUT2D eigenvalue weighted by Gasteiger charge is 2.16. The van der Waals surface area contributed by atoms with Gasteiger partial charge in [-0.05, 0) is 36.8 Å². The highest BCUT2D eigenvalue weighted by atomic mass is 16.5. The van der Waals surface area contributed by atoms with Crippen LogP contribution in [0.15, 0.2) is 61.3 Å². The molecule has 0 atom stereocenters. The van der Waals surface area contributed by atoms with Gasteiger partial charge in [-0.1, -0.05) is 13.0 Å². The molecule has 7 nitrogen and oxygen atoms in total. The van der Waals surface area contributed by atoms with Crippen molar-refractivity contribution in [3.63, 3.8) is 0 Å². The van der Waals surface area contributed by atoms with E-state index in [0.717, 1.165) is 17.8 Å². The fraction of sp³-hybridized carbons (Fsp3) is 0.150. The third-order valence-electron chi connectivity index (χ3n) is 4.09. The highest BCUT2D eigenvalue weighted by Crippen LogP contribution is 2.24. The molecule has 0 saturated carbocycles. The molecular formula is C20H17N5O2. The van der Waals surface area contributed by atoms with Gasteiger partial charge >= 0.3 is 0 Å². The van der Waals surface area contributed by atoms with E-state index >= 15 is 0 Å². The minimum atomic E-state index is -0.0922. The lowest BCUT2D eigenvalue weighted by atomic mass is 10.1. The molecule has 0 N–H and O–H groups in total. The van der Waals surface area contributed by atoms with Crippen molar-refractivity contribution >= 4 is 11.4 Å². The van der Waals surface area contributed by atoms with Crippen molar-refractivity contribution in [1.29, 1.82) is 0 Å². The van der Waals surface area contributed by atoms with Gasteiger partial charge in [-0.3, -0.25) is 14.8 Å². The van der Waals surface area contributed by atoms with Crippen LogP contribution in [0.3, 0.4) is 0 Å². The number of carbonyl (C=O) groups is 1. The molecule has 0 saturated heterocycles. The van der Waals surface area contributed by atoms with E-state index in [9.17, 15) is 4.79 Å². The van der Waals surface area contributed by atoms with Crippen LogP contribution in [-0.2, 0) is 12.8 Å². The lowest BCUT2D eigenvalue weighted by Gasteiger charge is -2.09. The zero-order valence-corrected chi connectivity index (χ0v) is 14.7. The normalized spacial score (nSPS) is 10.9. The van der Waals surface area contributed by atoms with Gasteiger partial charge in [0.2, 0.25) is 0 Å². The fourth-order valence-corrected chi connectivity index (χ4v) is 2.79. The molecule has 4 rings (SSSR count). The number of aryl methyl sites for hydroxylation is 1. The summed E-state index contributed by atoms with van der Waals surface area (Å²) in [4.78, 5) is 25.7. The maximum Gasteiger partial charge on any atom is 0.172 e. The number of Topliss-reactive ketones (excluding diaryl/α,β-unsaturated/α-hetero) is 1. The molecule has 0 amide bonds. The van der Waals surface area contributed by atoms with Crippen molar-refractivity contribution in [2.75, 3.05) is 0 Å². The molecule has 4 heterocycles. The first-order valence-electron chi connectivity index (χ1n) is 8.62. The quantitative estimate of drug-likeness (QED) is 0.491. The molecule has 0 radical (unpaired) electrons. The molecule has 7 heteroatoms. The molecule has 0 aliphatic carbocycles. The first-order valence-corrected chi connectivity index (χ1v) is 8.62. The standard InChI is InChI=1S/C20H17N5O2/c1-2-14-5-3-6-15(24-14)9-19(26)18-10-17(12-25-20(18)22-13-23-25)27-16-7-4-8-21-11-16/h3-8,10-13H,2,9H2,1H3. The zero-order valence-electron chi connectivity index (χ0n) is 14.7. The number of aromatic nitrogens is 5. The number of pyridine rings is 3. The molecule has 0 aliphatic heterocycles.